The van der Waals surface area contributed by atoms with Gasteiger partial charge in [0.05, 0.1) is 10.6 Å². The highest BCUT2D eigenvalue weighted by molar-refractivity contribution is 7.13. The number of hydrogen-bond acceptors (Lipinski definition) is 4. The van der Waals surface area contributed by atoms with Crippen LogP contribution >= 0.6 is 22.9 Å². The Morgan fingerprint density at radius 2 is 1.88 bits per heavy atom. The first-order chi connectivity index (χ1) is 15.7. The van der Waals surface area contributed by atoms with Gasteiger partial charge in [-0.25, -0.2) is 9.50 Å². The Balaban J connectivity index is 1.32. The fraction of sp³-hybridized carbons (Fsp3) is 0.522. The Morgan fingerprint density at radius 1 is 1.21 bits per heavy atom. The number of carbonyl (C=O) groups excluding carboxylic acids is 1. The highest BCUT2D eigenvalue weighted by atomic mass is 35.5. The van der Waals surface area contributed by atoms with Crippen LogP contribution in [0.1, 0.15) is 54.7 Å². The summed E-state index contributed by atoms with van der Waals surface area (Å²) >= 11 is 7.67. The molecule has 3 heterocycles. The standard InChI is InChI=1S/C23H22ClF3N4OS/c24-18-19(21(32)28-11-22-8-12-4-13(9-22)6-14(5-12)10-22)30-31-17(23(25,26)27)7-15(29-20(18)31)16-2-1-3-33-16/h1-3,7,12-14H,4-6,8-11H2,(H,28,32). The lowest BCUT2D eigenvalue weighted by atomic mass is 9.49. The van der Waals surface area contributed by atoms with Gasteiger partial charge in [-0.3, -0.25) is 4.79 Å². The van der Waals surface area contributed by atoms with Crippen LogP contribution in [0.2, 0.25) is 5.02 Å². The number of fused-ring (bicyclic) bond motifs is 1. The van der Waals surface area contributed by atoms with E-state index in [1.807, 2.05) is 0 Å². The summed E-state index contributed by atoms with van der Waals surface area (Å²) in [6, 6.07) is 4.37. The highest BCUT2D eigenvalue weighted by Gasteiger charge is 2.50. The molecule has 0 aromatic carbocycles. The molecule has 10 heteroatoms. The highest BCUT2D eigenvalue weighted by Crippen LogP contribution is 2.59. The van der Waals surface area contributed by atoms with E-state index in [2.05, 4.69) is 15.4 Å². The zero-order valence-electron chi connectivity index (χ0n) is 17.7. The average Bonchev–Trinajstić information content (AvgIpc) is 3.38. The van der Waals surface area contributed by atoms with Crippen LogP contribution in [0.25, 0.3) is 16.2 Å². The SMILES string of the molecule is O=C(NCC12CC3CC(CC(C3)C1)C2)c1nn2c(C(F)(F)F)cc(-c3cccs3)nc2c1Cl. The number of aromatic nitrogens is 3. The van der Waals surface area contributed by atoms with Gasteiger partial charge in [0, 0.05) is 6.54 Å². The lowest BCUT2D eigenvalue weighted by Gasteiger charge is -2.56. The van der Waals surface area contributed by atoms with Crippen molar-refractivity contribution in [3.63, 3.8) is 0 Å². The van der Waals surface area contributed by atoms with Gasteiger partial charge in [0.1, 0.15) is 5.02 Å². The van der Waals surface area contributed by atoms with Gasteiger partial charge in [0.15, 0.2) is 17.0 Å². The van der Waals surface area contributed by atoms with E-state index < -0.39 is 17.8 Å². The summed E-state index contributed by atoms with van der Waals surface area (Å²) < 4.78 is 42.1. The zero-order valence-corrected chi connectivity index (χ0v) is 19.2. The van der Waals surface area contributed by atoms with Crippen molar-refractivity contribution in [2.24, 2.45) is 23.2 Å². The predicted molar refractivity (Wildman–Crippen MR) is 119 cm³/mol. The molecule has 0 aliphatic heterocycles. The molecule has 0 unspecified atom stereocenters. The molecule has 0 spiro atoms. The maximum absolute atomic E-state index is 13.8. The monoisotopic (exact) mass is 494 g/mol. The third-order valence-corrected chi connectivity index (χ3v) is 8.84. The molecule has 5 nitrogen and oxygen atoms in total. The van der Waals surface area contributed by atoms with E-state index in [0.29, 0.717) is 15.9 Å². The molecule has 3 aromatic heterocycles. The molecule has 4 fully saturated rings. The van der Waals surface area contributed by atoms with Crippen molar-refractivity contribution >= 4 is 34.5 Å². The number of hydrogen-bond donors (Lipinski definition) is 1. The molecular formula is C23H22ClF3N4OS. The van der Waals surface area contributed by atoms with Crippen molar-refractivity contribution in [1.29, 1.82) is 0 Å². The summed E-state index contributed by atoms with van der Waals surface area (Å²) in [6.07, 6.45) is 2.54. The largest absolute Gasteiger partial charge is 0.433 e. The second kappa shape index (κ2) is 7.43. The minimum atomic E-state index is -4.69. The smallest absolute Gasteiger partial charge is 0.350 e. The van der Waals surface area contributed by atoms with E-state index in [1.54, 1.807) is 17.5 Å². The van der Waals surface area contributed by atoms with Gasteiger partial charge in [-0.05, 0) is 79.2 Å². The van der Waals surface area contributed by atoms with E-state index in [9.17, 15) is 18.0 Å². The first kappa shape index (κ1) is 21.4. The lowest BCUT2D eigenvalue weighted by Crippen LogP contribution is -2.51. The number of rotatable bonds is 4. The number of alkyl halides is 3. The number of amides is 1. The minimum Gasteiger partial charge on any atom is -0.350 e. The van der Waals surface area contributed by atoms with E-state index in [-0.39, 0.29) is 27.5 Å². The van der Waals surface area contributed by atoms with E-state index in [1.165, 1.54) is 30.6 Å². The van der Waals surface area contributed by atoms with Gasteiger partial charge in [0.2, 0.25) is 0 Å². The van der Waals surface area contributed by atoms with Crippen LogP contribution < -0.4 is 5.32 Å². The van der Waals surface area contributed by atoms with Gasteiger partial charge in [-0.2, -0.15) is 18.3 Å². The van der Waals surface area contributed by atoms with E-state index >= 15 is 0 Å². The summed E-state index contributed by atoms with van der Waals surface area (Å²) in [4.78, 5) is 17.9. The molecule has 33 heavy (non-hydrogen) atoms. The Hall–Kier alpha value is -2.13. The summed E-state index contributed by atoms with van der Waals surface area (Å²) in [5, 5.41) is 8.51. The Bertz CT molecular complexity index is 1200. The van der Waals surface area contributed by atoms with Crippen LogP contribution in [0.4, 0.5) is 13.2 Å². The molecular weight excluding hydrogens is 473 g/mol. The first-order valence-electron chi connectivity index (χ1n) is 11.2. The normalized spacial score (nSPS) is 28.5. The molecule has 4 bridgehead atoms. The van der Waals surface area contributed by atoms with Crippen LogP contribution in [0.15, 0.2) is 23.6 Å². The summed E-state index contributed by atoms with van der Waals surface area (Å²) in [6.45, 7) is 0.513. The van der Waals surface area contributed by atoms with Crippen molar-refractivity contribution < 1.29 is 18.0 Å². The molecule has 0 saturated heterocycles. The van der Waals surface area contributed by atoms with Crippen LogP contribution in [0.5, 0.6) is 0 Å². The van der Waals surface area contributed by atoms with Crippen molar-refractivity contribution in [2.75, 3.05) is 6.54 Å². The van der Waals surface area contributed by atoms with Gasteiger partial charge in [-0.15, -0.1) is 11.3 Å². The number of thiophene rings is 1. The second-order valence-corrected chi connectivity index (χ2v) is 11.3. The van der Waals surface area contributed by atoms with Crippen molar-refractivity contribution in [3.8, 4) is 10.6 Å². The lowest BCUT2D eigenvalue weighted by molar-refractivity contribution is -0.142. The maximum atomic E-state index is 13.8. The quantitative estimate of drug-likeness (QED) is 0.478. The molecule has 4 aliphatic carbocycles. The number of halogens is 4. The number of carbonyl (C=O) groups is 1. The second-order valence-electron chi connectivity index (χ2n) is 10.00. The number of nitrogens with one attached hydrogen (secondary N) is 1. The molecule has 4 aliphatic rings. The van der Waals surface area contributed by atoms with Crippen molar-refractivity contribution in [3.05, 3.63) is 40.0 Å². The summed E-state index contributed by atoms with van der Waals surface area (Å²) in [5.74, 6) is 1.66. The van der Waals surface area contributed by atoms with Gasteiger partial charge in [-0.1, -0.05) is 17.7 Å². The molecule has 1 amide bonds. The zero-order chi connectivity index (χ0) is 23.0. The Labute approximate surface area is 197 Å². The Kier molecular flexibility index (Phi) is 4.82. The van der Waals surface area contributed by atoms with Crippen LogP contribution in [-0.2, 0) is 6.18 Å². The molecule has 7 rings (SSSR count). The molecule has 1 N–H and O–H groups in total. The fourth-order valence-corrected chi connectivity index (χ4v) is 7.68. The van der Waals surface area contributed by atoms with Crippen LogP contribution in [0.3, 0.4) is 0 Å². The average molecular weight is 495 g/mol. The van der Waals surface area contributed by atoms with E-state index in [4.69, 9.17) is 11.6 Å². The van der Waals surface area contributed by atoms with E-state index in [0.717, 1.165) is 43.1 Å². The van der Waals surface area contributed by atoms with Gasteiger partial charge >= 0.3 is 6.18 Å². The third kappa shape index (κ3) is 3.64. The maximum Gasteiger partial charge on any atom is 0.433 e. The van der Waals surface area contributed by atoms with Crippen molar-refractivity contribution in [1.82, 2.24) is 19.9 Å². The Morgan fingerprint density at radius 3 is 2.45 bits per heavy atom. The van der Waals surface area contributed by atoms with Crippen LogP contribution in [-0.4, -0.2) is 27.0 Å². The van der Waals surface area contributed by atoms with Gasteiger partial charge in [0.25, 0.3) is 5.91 Å². The van der Waals surface area contributed by atoms with Crippen molar-refractivity contribution in [2.45, 2.75) is 44.7 Å². The fourth-order valence-electron chi connectivity index (χ4n) is 6.75. The first-order valence-corrected chi connectivity index (χ1v) is 12.5. The molecule has 0 radical (unpaired) electrons. The topological polar surface area (TPSA) is 59.3 Å². The summed E-state index contributed by atoms with van der Waals surface area (Å²) in [5.41, 5.74) is -1.17. The molecule has 3 aromatic rings. The predicted octanol–water partition coefficient (Wildman–Crippen LogP) is 6.08. The molecule has 0 atom stereocenters. The molecule has 4 saturated carbocycles. The summed E-state index contributed by atoms with van der Waals surface area (Å²) in [7, 11) is 0. The number of nitrogens with zero attached hydrogens (tertiary/aromatic N) is 3. The minimum absolute atomic E-state index is 0.0950. The molecule has 174 valence electrons. The van der Waals surface area contributed by atoms with Crippen LogP contribution in [0, 0.1) is 23.2 Å². The third-order valence-electron chi connectivity index (χ3n) is 7.60. The van der Waals surface area contributed by atoms with Gasteiger partial charge < -0.3 is 5.32 Å².